The van der Waals surface area contributed by atoms with E-state index in [1.807, 2.05) is 9.80 Å². The minimum absolute atomic E-state index is 0.181. The predicted molar refractivity (Wildman–Crippen MR) is 66.0 cm³/mol. The van der Waals surface area contributed by atoms with Gasteiger partial charge in [0, 0.05) is 38.3 Å². The van der Waals surface area contributed by atoms with E-state index >= 15 is 0 Å². The number of hydrogen-bond acceptors (Lipinski definition) is 3. The van der Waals surface area contributed by atoms with Crippen LogP contribution < -0.4 is 0 Å². The van der Waals surface area contributed by atoms with Crippen molar-refractivity contribution in [2.24, 2.45) is 0 Å². The number of morpholine rings is 1. The third kappa shape index (κ3) is 2.72. The monoisotopic (exact) mass is 241 g/mol. The Hall–Kier alpha value is -0.810. The molecule has 0 spiro atoms. The van der Waals surface area contributed by atoms with Gasteiger partial charge in [-0.15, -0.1) is 0 Å². The van der Waals surface area contributed by atoms with E-state index in [4.69, 9.17) is 4.74 Å². The molecule has 2 aliphatic rings. The van der Waals surface area contributed by atoms with E-state index in [0.717, 1.165) is 26.2 Å². The Balaban J connectivity index is 1.95. The molecule has 2 unspecified atom stereocenters. The Morgan fingerprint density at radius 3 is 2.12 bits per heavy atom. The van der Waals surface area contributed by atoms with E-state index < -0.39 is 0 Å². The van der Waals surface area contributed by atoms with E-state index in [-0.39, 0.29) is 6.03 Å². The fourth-order valence-electron chi connectivity index (χ4n) is 2.52. The first-order chi connectivity index (χ1) is 8.09. The highest BCUT2D eigenvalue weighted by Gasteiger charge is 2.31. The number of carbonyl (C=O) groups is 1. The maximum absolute atomic E-state index is 12.3. The molecule has 0 bridgehead atoms. The van der Waals surface area contributed by atoms with E-state index in [0.29, 0.717) is 25.3 Å². The van der Waals surface area contributed by atoms with Crippen molar-refractivity contribution in [1.29, 1.82) is 0 Å². The SMILES string of the molecule is CC1CN(C(=O)N2CCOCC2)CC(C)N1C. The second-order valence-electron chi connectivity index (χ2n) is 5.15. The molecule has 0 aromatic heterocycles. The number of ether oxygens (including phenoxy) is 1. The maximum Gasteiger partial charge on any atom is 0.320 e. The zero-order chi connectivity index (χ0) is 12.4. The molecule has 2 amide bonds. The number of likely N-dealkylation sites (N-methyl/N-ethyl adjacent to an activating group) is 1. The molecule has 0 radical (unpaired) electrons. The minimum atomic E-state index is 0.181. The summed E-state index contributed by atoms with van der Waals surface area (Å²) in [4.78, 5) is 18.6. The average molecular weight is 241 g/mol. The van der Waals surface area contributed by atoms with Gasteiger partial charge in [-0.1, -0.05) is 0 Å². The Kier molecular flexibility index (Phi) is 3.89. The van der Waals surface area contributed by atoms with Gasteiger partial charge in [0.1, 0.15) is 0 Å². The molecule has 0 aromatic carbocycles. The summed E-state index contributed by atoms with van der Waals surface area (Å²) in [5, 5.41) is 0. The molecule has 0 saturated carbocycles. The van der Waals surface area contributed by atoms with Gasteiger partial charge in [-0.25, -0.2) is 4.79 Å². The van der Waals surface area contributed by atoms with Gasteiger partial charge in [-0.3, -0.25) is 4.90 Å². The maximum atomic E-state index is 12.3. The molecule has 2 aliphatic heterocycles. The number of rotatable bonds is 0. The summed E-state index contributed by atoms with van der Waals surface area (Å²) in [7, 11) is 2.13. The number of amides is 2. The van der Waals surface area contributed by atoms with E-state index in [1.54, 1.807) is 0 Å². The molecule has 0 aromatic rings. The molecule has 2 fully saturated rings. The number of nitrogens with zero attached hydrogens (tertiary/aromatic N) is 3. The van der Waals surface area contributed by atoms with Crippen LogP contribution >= 0.6 is 0 Å². The van der Waals surface area contributed by atoms with Gasteiger partial charge in [0.2, 0.25) is 0 Å². The fourth-order valence-corrected chi connectivity index (χ4v) is 2.52. The van der Waals surface area contributed by atoms with Gasteiger partial charge in [0.05, 0.1) is 13.2 Å². The standard InChI is InChI=1S/C12H23N3O2/c1-10-8-15(9-11(2)13(10)3)12(16)14-4-6-17-7-5-14/h10-11H,4-9H2,1-3H3. The largest absolute Gasteiger partial charge is 0.378 e. The van der Waals surface area contributed by atoms with Crippen LogP contribution in [0, 0.1) is 0 Å². The first-order valence-electron chi connectivity index (χ1n) is 6.43. The Labute approximate surface area is 103 Å². The van der Waals surface area contributed by atoms with Crippen LogP contribution in [0.3, 0.4) is 0 Å². The highest BCUT2D eigenvalue weighted by atomic mass is 16.5. The van der Waals surface area contributed by atoms with Crippen LogP contribution in [0.5, 0.6) is 0 Å². The minimum Gasteiger partial charge on any atom is -0.378 e. The lowest BCUT2D eigenvalue weighted by Crippen LogP contribution is -2.59. The summed E-state index contributed by atoms with van der Waals surface area (Å²) in [6.07, 6.45) is 0. The molecule has 2 heterocycles. The summed E-state index contributed by atoms with van der Waals surface area (Å²) in [5.41, 5.74) is 0. The lowest BCUT2D eigenvalue weighted by molar-refractivity contribution is 0.0256. The molecule has 0 aliphatic carbocycles. The topological polar surface area (TPSA) is 36.0 Å². The van der Waals surface area contributed by atoms with E-state index in [9.17, 15) is 4.79 Å². The zero-order valence-electron chi connectivity index (χ0n) is 11.1. The van der Waals surface area contributed by atoms with E-state index in [2.05, 4.69) is 25.8 Å². The van der Waals surface area contributed by atoms with Crippen molar-refractivity contribution in [3.05, 3.63) is 0 Å². The Bertz CT molecular complexity index is 267. The van der Waals surface area contributed by atoms with Crippen molar-refractivity contribution in [3.63, 3.8) is 0 Å². The van der Waals surface area contributed by atoms with Crippen molar-refractivity contribution in [2.75, 3.05) is 46.4 Å². The number of piperazine rings is 1. The summed E-state index contributed by atoms with van der Waals surface area (Å²) < 4.78 is 5.28. The van der Waals surface area contributed by atoms with Crippen LogP contribution in [-0.2, 0) is 4.74 Å². The van der Waals surface area contributed by atoms with Gasteiger partial charge < -0.3 is 14.5 Å². The first-order valence-corrected chi connectivity index (χ1v) is 6.43. The molecule has 2 atom stereocenters. The third-order valence-corrected chi connectivity index (χ3v) is 3.91. The van der Waals surface area contributed by atoms with E-state index in [1.165, 1.54) is 0 Å². The average Bonchev–Trinajstić information content (AvgIpc) is 2.35. The van der Waals surface area contributed by atoms with Crippen molar-refractivity contribution >= 4 is 6.03 Å². The zero-order valence-corrected chi connectivity index (χ0v) is 11.1. The van der Waals surface area contributed by atoms with Gasteiger partial charge in [0.15, 0.2) is 0 Å². The summed E-state index contributed by atoms with van der Waals surface area (Å²) in [6.45, 7) is 8.82. The molecule has 0 N–H and O–H groups in total. The molecule has 2 rings (SSSR count). The van der Waals surface area contributed by atoms with Gasteiger partial charge in [0.25, 0.3) is 0 Å². The third-order valence-electron chi connectivity index (χ3n) is 3.91. The smallest absolute Gasteiger partial charge is 0.320 e. The van der Waals surface area contributed by atoms with Crippen LogP contribution in [0.2, 0.25) is 0 Å². The number of carbonyl (C=O) groups excluding carboxylic acids is 1. The second-order valence-corrected chi connectivity index (χ2v) is 5.15. The summed E-state index contributed by atoms with van der Waals surface area (Å²) in [5.74, 6) is 0. The number of urea groups is 1. The Morgan fingerprint density at radius 2 is 1.59 bits per heavy atom. The van der Waals surface area contributed by atoms with Crippen molar-refractivity contribution in [2.45, 2.75) is 25.9 Å². The van der Waals surface area contributed by atoms with Crippen molar-refractivity contribution in [1.82, 2.24) is 14.7 Å². The molecule has 5 heteroatoms. The summed E-state index contributed by atoms with van der Waals surface area (Å²) >= 11 is 0. The van der Waals surface area contributed by atoms with Crippen LogP contribution in [0.4, 0.5) is 4.79 Å². The highest BCUT2D eigenvalue weighted by Crippen LogP contribution is 2.15. The summed E-state index contributed by atoms with van der Waals surface area (Å²) in [6, 6.07) is 1.05. The first kappa shape index (κ1) is 12.6. The van der Waals surface area contributed by atoms with Crippen LogP contribution in [0.15, 0.2) is 0 Å². The van der Waals surface area contributed by atoms with Crippen LogP contribution in [0.25, 0.3) is 0 Å². The van der Waals surface area contributed by atoms with Gasteiger partial charge in [-0.05, 0) is 20.9 Å². The lowest BCUT2D eigenvalue weighted by atomic mass is 10.1. The van der Waals surface area contributed by atoms with Gasteiger partial charge in [-0.2, -0.15) is 0 Å². The Morgan fingerprint density at radius 1 is 1.06 bits per heavy atom. The predicted octanol–water partition coefficient (Wildman–Crippen LogP) is 0.463. The second kappa shape index (κ2) is 5.23. The molecule has 2 saturated heterocycles. The van der Waals surface area contributed by atoms with Crippen molar-refractivity contribution < 1.29 is 9.53 Å². The van der Waals surface area contributed by atoms with Gasteiger partial charge >= 0.3 is 6.03 Å². The number of hydrogen-bond donors (Lipinski definition) is 0. The quantitative estimate of drug-likeness (QED) is 0.618. The van der Waals surface area contributed by atoms with Crippen molar-refractivity contribution in [3.8, 4) is 0 Å². The highest BCUT2D eigenvalue weighted by molar-refractivity contribution is 5.74. The molecule has 5 nitrogen and oxygen atoms in total. The fraction of sp³-hybridized carbons (Fsp3) is 0.917. The van der Waals surface area contributed by atoms with Crippen LogP contribution in [-0.4, -0.2) is 79.3 Å². The lowest BCUT2D eigenvalue weighted by Gasteiger charge is -2.44. The molecular formula is C12H23N3O2. The molecule has 98 valence electrons. The van der Waals surface area contributed by atoms with Crippen LogP contribution in [0.1, 0.15) is 13.8 Å². The normalized spacial score (nSPS) is 31.7. The molecular weight excluding hydrogens is 218 g/mol. The molecule has 17 heavy (non-hydrogen) atoms.